The fourth-order valence-corrected chi connectivity index (χ4v) is 7.54. The first-order chi connectivity index (χ1) is 26.5. The molecular formula is C39H27Cl2F2N3O8S2. The van der Waals surface area contributed by atoms with Crippen LogP contribution in [0.15, 0.2) is 143 Å². The summed E-state index contributed by atoms with van der Waals surface area (Å²) >= 11 is 11.9. The number of aryl methyl sites for hydroxylation is 1. The highest BCUT2D eigenvalue weighted by Crippen LogP contribution is 2.29. The maximum atomic E-state index is 14.0. The number of carbonyl (C=O) groups is 2. The number of ketones is 2. The normalized spacial score (nSPS) is 11.2. The summed E-state index contributed by atoms with van der Waals surface area (Å²) in [6.45, 7) is 1.84. The van der Waals surface area contributed by atoms with Gasteiger partial charge in [-0.05, 0) is 91.9 Å². The molecule has 0 saturated carbocycles. The van der Waals surface area contributed by atoms with Gasteiger partial charge in [0.1, 0.15) is 11.6 Å². The topological polar surface area (TPSA) is 170 Å². The van der Waals surface area contributed by atoms with Crippen molar-refractivity contribution in [1.29, 1.82) is 0 Å². The summed E-state index contributed by atoms with van der Waals surface area (Å²) in [6.07, 6.45) is 0. The summed E-state index contributed by atoms with van der Waals surface area (Å²) in [5, 5.41) is 11.1. The van der Waals surface area contributed by atoms with Crippen LogP contribution in [-0.2, 0) is 20.0 Å². The molecule has 0 unspecified atom stereocenters. The zero-order valence-corrected chi connectivity index (χ0v) is 31.9. The number of halogens is 4. The molecule has 6 aromatic carbocycles. The van der Waals surface area contributed by atoms with Gasteiger partial charge in [0.2, 0.25) is 0 Å². The molecule has 0 spiro atoms. The predicted octanol–water partition coefficient (Wildman–Crippen LogP) is 9.24. The Balaban J connectivity index is 0.000000215. The molecule has 0 aromatic heterocycles. The summed E-state index contributed by atoms with van der Waals surface area (Å²) in [4.78, 5) is 35.4. The van der Waals surface area contributed by atoms with Gasteiger partial charge in [0.25, 0.3) is 25.7 Å². The third kappa shape index (κ3) is 9.80. The van der Waals surface area contributed by atoms with E-state index < -0.39 is 48.2 Å². The van der Waals surface area contributed by atoms with Crippen LogP contribution in [0.5, 0.6) is 0 Å². The van der Waals surface area contributed by atoms with Crippen molar-refractivity contribution in [3.8, 4) is 0 Å². The molecule has 0 aliphatic carbocycles. The molecule has 0 fully saturated rings. The quantitative estimate of drug-likeness (QED) is 0.0739. The van der Waals surface area contributed by atoms with Gasteiger partial charge in [-0.15, -0.1) is 0 Å². The van der Waals surface area contributed by atoms with Crippen molar-refractivity contribution >= 4 is 71.9 Å². The molecular weight excluding hydrogens is 811 g/mol. The van der Waals surface area contributed by atoms with E-state index in [0.29, 0.717) is 0 Å². The molecule has 0 saturated heterocycles. The highest BCUT2D eigenvalue weighted by Gasteiger charge is 2.24. The van der Waals surface area contributed by atoms with Gasteiger partial charge in [-0.3, -0.25) is 29.1 Å². The van der Waals surface area contributed by atoms with Crippen LogP contribution in [-0.4, -0.2) is 33.3 Å². The number of carbonyl (C=O) groups excluding carboxylic acids is 2. The lowest BCUT2D eigenvalue weighted by atomic mass is 10.0. The van der Waals surface area contributed by atoms with Crippen molar-refractivity contribution < 1.29 is 40.1 Å². The van der Waals surface area contributed by atoms with E-state index in [-0.39, 0.29) is 59.2 Å². The Morgan fingerprint density at radius 1 is 0.571 bits per heavy atom. The molecule has 2 N–H and O–H groups in total. The number of nitro groups is 1. The zero-order valence-electron chi connectivity index (χ0n) is 28.7. The second-order valence-corrected chi connectivity index (χ2v) is 16.0. The number of non-ortho nitro benzene ring substituents is 1. The lowest BCUT2D eigenvalue weighted by Gasteiger charge is -2.13. The van der Waals surface area contributed by atoms with Gasteiger partial charge < -0.3 is 0 Å². The van der Waals surface area contributed by atoms with Crippen LogP contribution < -0.4 is 9.44 Å². The van der Waals surface area contributed by atoms with Gasteiger partial charge in [-0.2, -0.15) is 0 Å². The Hall–Kier alpha value is -6.00. The molecule has 0 atom stereocenters. The van der Waals surface area contributed by atoms with Crippen LogP contribution >= 0.6 is 23.2 Å². The highest BCUT2D eigenvalue weighted by atomic mass is 35.5. The molecule has 286 valence electrons. The maximum Gasteiger partial charge on any atom is 0.269 e. The SMILES string of the molecule is Cc1ccc(S(=O)(=O)Nc2ccc(Cl)cc2C(=O)c2ccccc2F)cc1.O=C(c1ccccc1F)c1cc(Cl)ccc1NS(=O)(=O)c1ccc([N+](=O)[O-])cc1. The summed E-state index contributed by atoms with van der Waals surface area (Å²) < 4.78 is 83.2. The van der Waals surface area contributed by atoms with Gasteiger partial charge in [0, 0.05) is 33.3 Å². The standard InChI is InChI=1S/C20H15ClFNO3S.C19H12ClFN2O5S/c1-13-6-9-15(10-7-13)27(25,26)23-19-11-8-14(21)12-17(19)20(24)16-4-2-3-5-18(16)22;20-12-5-10-18(16(11-12)19(24)15-3-1-2-4-17(15)21)22-29(27,28)14-8-6-13(7-9-14)23(25)26/h2-12,23H,1H3;1-11,22H. The number of hydrogen-bond donors (Lipinski definition) is 2. The number of anilines is 2. The predicted molar refractivity (Wildman–Crippen MR) is 208 cm³/mol. The Labute approximate surface area is 329 Å². The molecule has 0 aliphatic heterocycles. The minimum absolute atomic E-state index is 0.0215. The van der Waals surface area contributed by atoms with Crippen molar-refractivity contribution in [3.63, 3.8) is 0 Å². The average Bonchev–Trinajstić information content (AvgIpc) is 3.16. The second kappa shape index (κ2) is 17.2. The molecule has 0 aliphatic rings. The van der Waals surface area contributed by atoms with Crippen LogP contribution in [0.25, 0.3) is 0 Å². The largest absolute Gasteiger partial charge is 0.288 e. The van der Waals surface area contributed by atoms with Gasteiger partial charge >= 0.3 is 0 Å². The van der Waals surface area contributed by atoms with E-state index in [1.165, 1.54) is 84.9 Å². The van der Waals surface area contributed by atoms with Gasteiger partial charge in [-0.1, -0.05) is 65.2 Å². The number of nitro benzene ring substituents is 1. The Morgan fingerprint density at radius 3 is 1.32 bits per heavy atom. The van der Waals surface area contributed by atoms with Crippen molar-refractivity contribution in [1.82, 2.24) is 0 Å². The Bertz CT molecular complexity index is 2700. The summed E-state index contributed by atoms with van der Waals surface area (Å²) in [5.41, 5.74) is -0.0477. The molecule has 0 bridgehead atoms. The van der Waals surface area contributed by atoms with E-state index in [9.17, 15) is 45.3 Å². The van der Waals surface area contributed by atoms with E-state index in [0.717, 1.165) is 42.0 Å². The van der Waals surface area contributed by atoms with Crippen molar-refractivity contribution in [2.45, 2.75) is 16.7 Å². The van der Waals surface area contributed by atoms with Crippen LogP contribution in [0, 0.1) is 28.7 Å². The van der Waals surface area contributed by atoms with E-state index in [1.807, 2.05) is 6.92 Å². The number of hydrogen-bond acceptors (Lipinski definition) is 8. The molecule has 0 heterocycles. The highest BCUT2D eigenvalue weighted by molar-refractivity contribution is 7.93. The number of sulfonamides is 2. The lowest BCUT2D eigenvalue weighted by molar-refractivity contribution is -0.384. The number of benzene rings is 6. The van der Waals surface area contributed by atoms with Crippen molar-refractivity contribution in [2.75, 3.05) is 9.44 Å². The number of nitrogens with zero attached hydrogens (tertiary/aromatic N) is 1. The average molecular weight is 839 g/mol. The van der Waals surface area contributed by atoms with Crippen LogP contribution in [0.3, 0.4) is 0 Å². The Kier molecular flexibility index (Phi) is 12.7. The summed E-state index contributed by atoms with van der Waals surface area (Å²) in [7, 11) is -8.11. The van der Waals surface area contributed by atoms with Gasteiger partial charge in [0.15, 0.2) is 11.6 Å². The molecule has 11 nitrogen and oxygen atoms in total. The van der Waals surface area contributed by atoms with Crippen LogP contribution in [0.4, 0.5) is 25.8 Å². The van der Waals surface area contributed by atoms with Crippen LogP contribution in [0.2, 0.25) is 10.0 Å². The first kappa shape index (κ1) is 41.2. The monoisotopic (exact) mass is 837 g/mol. The molecule has 6 aromatic rings. The fourth-order valence-electron chi connectivity index (χ4n) is 5.04. The fraction of sp³-hybridized carbons (Fsp3) is 0.0256. The Morgan fingerprint density at radius 2 is 0.946 bits per heavy atom. The summed E-state index contributed by atoms with van der Waals surface area (Å²) in [5.74, 6) is -2.89. The van der Waals surface area contributed by atoms with Crippen LogP contribution in [0.1, 0.15) is 37.4 Å². The van der Waals surface area contributed by atoms with E-state index >= 15 is 0 Å². The first-order valence-electron chi connectivity index (χ1n) is 16.0. The van der Waals surface area contributed by atoms with Gasteiger partial charge in [0.05, 0.1) is 37.2 Å². The lowest BCUT2D eigenvalue weighted by Crippen LogP contribution is -2.16. The molecule has 0 radical (unpaired) electrons. The molecule has 17 heteroatoms. The van der Waals surface area contributed by atoms with Crippen molar-refractivity contribution in [3.05, 3.63) is 193 Å². The maximum absolute atomic E-state index is 14.0. The third-order valence-electron chi connectivity index (χ3n) is 7.87. The summed E-state index contributed by atoms with van der Waals surface area (Å²) in [6, 6.07) is 29.2. The van der Waals surface area contributed by atoms with Gasteiger partial charge in [-0.25, -0.2) is 25.6 Å². The molecule has 6 rings (SSSR count). The van der Waals surface area contributed by atoms with E-state index in [4.69, 9.17) is 23.2 Å². The minimum Gasteiger partial charge on any atom is -0.288 e. The number of rotatable bonds is 11. The first-order valence-corrected chi connectivity index (χ1v) is 19.7. The van der Waals surface area contributed by atoms with E-state index in [2.05, 4.69) is 9.44 Å². The zero-order chi connectivity index (χ0) is 40.8. The number of nitrogens with one attached hydrogen (secondary N) is 2. The van der Waals surface area contributed by atoms with E-state index in [1.54, 1.807) is 12.1 Å². The third-order valence-corrected chi connectivity index (χ3v) is 11.1. The molecule has 0 amide bonds. The van der Waals surface area contributed by atoms with Crippen molar-refractivity contribution in [2.24, 2.45) is 0 Å². The smallest absolute Gasteiger partial charge is 0.269 e. The molecule has 56 heavy (non-hydrogen) atoms. The second-order valence-electron chi connectivity index (χ2n) is 11.8. The minimum atomic E-state index is -4.18.